The average Bonchev–Trinajstić information content (AvgIpc) is 2.30. The molecule has 1 aliphatic rings. The molecule has 1 aliphatic carbocycles. The third kappa shape index (κ3) is 1.16. The fraction of sp³-hybridized carbons (Fsp3) is 0.556. The van der Waals surface area contributed by atoms with E-state index < -0.39 is 5.92 Å². The van der Waals surface area contributed by atoms with E-state index in [1.807, 2.05) is 6.92 Å². The molecule has 1 aromatic heterocycles. The Bertz CT molecular complexity index is 301. The van der Waals surface area contributed by atoms with Crippen LogP contribution in [0.15, 0.2) is 6.07 Å². The Kier molecular flexibility index (Phi) is 1.72. The Morgan fingerprint density at radius 1 is 1.50 bits per heavy atom. The molecule has 0 nitrogen and oxygen atoms in total. The number of halogens is 2. The molecular formula is C9H10F2S. The zero-order valence-electron chi connectivity index (χ0n) is 6.86. The largest absolute Gasteiger partial charge is 0.274 e. The van der Waals surface area contributed by atoms with Crippen molar-refractivity contribution >= 4 is 11.3 Å². The van der Waals surface area contributed by atoms with E-state index in [9.17, 15) is 8.78 Å². The summed E-state index contributed by atoms with van der Waals surface area (Å²) in [6, 6.07) is 1.64. The number of fused-ring (bicyclic) bond motifs is 1. The van der Waals surface area contributed by atoms with Gasteiger partial charge in [-0.1, -0.05) is 0 Å². The van der Waals surface area contributed by atoms with E-state index in [1.54, 1.807) is 6.07 Å². The van der Waals surface area contributed by atoms with Gasteiger partial charge >= 0.3 is 0 Å². The summed E-state index contributed by atoms with van der Waals surface area (Å²) in [7, 11) is 0. The van der Waals surface area contributed by atoms with Crippen LogP contribution in [0.3, 0.4) is 0 Å². The Morgan fingerprint density at radius 3 is 2.92 bits per heavy atom. The van der Waals surface area contributed by atoms with Gasteiger partial charge in [0.1, 0.15) is 0 Å². The lowest BCUT2D eigenvalue weighted by molar-refractivity contribution is -0.0208. The maximum Gasteiger partial charge on any atom is 0.274 e. The van der Waals surface area contributed by atoms with Crippen molar-refractivity contribution in [3.05, 3.63) is 21.4 Å². The maximum absolute atomic E-state index is 13.2. The van der Waals surface area contributed by atoms with Crippen LogP contribution in [0, 0.1) is 6.92 Å². The summed E-state index contributed by atoms with van der Waals surface area (Å²) in [6.07, 6.45) is 1.49. The first-order chi connectivity index (χ1) is 5.59. The predicted molar refractivity (Wildman–Crippen MR) is 45.9 cm³/mol. The second-order valence-corrected chi connectivity index (χ2v) is 4.59. The van der Waals surface area contributed by atoms with Crippen molar-refractivity contribution in [2.24, 2.45) is 0 Å². The van der Waals surface area contributed by atoms with Crippen LogP contribution in [0.1, 0.15) is 28.2 Å². The summed E-state index contributed by atoms with van der Waals surface area (Å²) < 4.78 is 26.4. The zero-order valence-corrected chi connectivity index (χ0v) is 7.68. The van der Waals surface area contributed by atoms with Crippen LogP contribution < -0.4 is 0 Å². The fourth-order valence-corrected chi connectivity index (χ4v) is 2.79. The lowest BCUT2D eigenvalue weighted by atomic mass is 9.95. The molecule has 0 radical (unpaired) electrons. The molecule has 3 heteroatoms. The van der Waals surface area contributed by atoms with E-state index in [0.29, 0.717) is 6.42 Å². The number of hydrogen-bond donors (Lipinski definition) is 0. The van der Waals surface area contributed by atoms with Gasteiger partial charge in [0, 0.05) is 21.7 Å². The standard InChI is InChI=1S/C9H10F2S/c1-6-5-7-8(12-6)3-2-4-9(7,10)11/h5H,2-4H2,1H3. The average molecular weight is 188 g/mol. The Balaban J connectivity index is 2.51. The van der Waals surface area contributed by atoms with Gasteiger partial charge in [-0.25, -0.2) is 8.78 Å². The highest BCUT2D eigenvalue weighted by atomic mass is 32.1. The van der Waals surface area contributed by atoms with Gasteiger partial charge in [-0.3, -0.25) is 0 Å². The van der Waals surface area contributed by atoms with E-state index >= 15 is 0 Å². The van der Waals surface area contributed by atoms with E-state index in [1.165, 1.54) is 11.3 Å². The van der Waals surface area contributed by atoms with Crippen molar-refractivity contribution in [3.63, 3.8) is 0 Å². The van der Waals surface area contributed by atoms with Crippen LogP contribution in [0.5, 0.6) is 0 Å². The second-order valence-electron chi connectivity index (χ2n) is 3.25. The van der Waals surface area contributed by atoms with Crippen LogP contribution >= 0.6 is 11.3 Å². The molecule has 0 bridgehead atoms. The topological polar surface area (TPSA) is 0 Å². The molecule has 0 amide bonds. The van der Waals surface area contributed by atoms with E-state index in [4.69, 9.17) is 0 Å². The van der Waals surface area contributed by atoms with Gasteiger partial charge in [0.05, 0.1) is 0 Å². The fourth-order valence-electron chi connectivity index (χ4n) is 1.66. The Morgan fingerprint density at radius 2 is 2.25 bits per heavy atom. The summed E-state index contributed by atoms with van der Waals surface area (Å²) in [5.74, 6) is -2.56. The third-order valence-electron chi connectivity index (χ3n) is 2.22. The molecule has 12 heavy (non-hydrogen) atoms. The van der Waals surface area contributed by atoms with E-state index in [-0.39, 0.29) is 12.0 Å². The summed E-state index contributed by atoms with van der Waals surface area (Å²) in [5, 5.41) is 0. The molecule has 0 spiro atoms. The number of thiophene rings is 1. The summed E-state index contributed by atoms with van der Waals surface area (Å²) in [6.45, 7) is 1.89. The van der Waals surface area contributed by atoms with Crippen molar-refractivity contribution in [2.45, 2.75) is 32.1 Å². The van der Waals surface area contributed by atoms with Gasteiger partial charge in [-0.2, -0.15) is 0 Å². The highest BCUT2D eigenvalue weighted by Gasteiger charge is 2.37. The van der Waals surface area contributed by atoms with Gasteiger partial charge in [-0.05, 0) is 25.8 Å². The molecule has 1 aromatic rings. The van der Waals surface area contributed by atoms with Crippen LogP contribution in [-0.2, 0) is 12.3 Å². The molecule has 0 fully saturated rings. The summed E-state index contributed by atoms with van der Waals surface area (Å²) in [5.41, 5.74) is 0.288. The first kappa shape index (κ1) is 8.17. The van der Waals surface area contributed by atoms with Crippen molar-refractivity contribution < 1.29 is 8.78 Å². The van der Waals surface area contributed by atoms with Crippen LogP contribution in [0.4, 0.5) is 8.78 Å². The van der Waals surface area contributed by atoms with Gasteiger partial charge in [-0.15, -0.1) is 11.3 Å². The van der Waals surface area contributed by atoms with Gasteiger partial charge < -0.3 is 0 Å². The molecule has 0 N–H and O–H groups in total. The molecule has 66 valence electrons. The molecule has 2 rings (SSSR count). The minimum absolute atomic E-state index is 0.0240. The quantitative estimate of drug-likeness (QED) is 0.584. The van der Waals surface area contributed by atoms with E-state index in [0.717, 1.165) is 16.2 Å². The summed E-state index contributed by atoms with van der Waals surface area (Å²) in [4.78, 5) is 1.89. The minimum atomic E-state index is -2.56. The Hall–Kier alpha value is -0.440. The lowest BCUT2D eigenvalue weighted by Crippen LogP contribution is -2.18. The number of rotatable bonds is 0. The number of alkyl halides is 2. The monoisotopic (exact) mass is 188 g/mol. The zero-order chi connectivity index (χ0) is 8.77. The highest BCUT2D eigenvalue weighted by Crippen LogP contribution is 2.43. The molecule has 0 atom stereocenters. The van der Waals surface area contributed by atoms with Crippen LogP contribution in [0.2, 0.25) is 0 Å². The van der Waals surface area contributed by atoms with Crippen molar-refractivity contribution in [1.82, 2.24) is 0 Å². The molecule has 0 saturated heterocycles. The molecule has 0 saturated carbocycles. The number of hydrogen-bond acceptors (Lipinski definition) is 1. The molecule has 0 unspecified atom stereocenters. The van der Waals surface area contributed by atoms with Crippen molar-refractivity contribution in [2.75, 3.05) is 0 Å². The summed E-state index contributed by atoms with van der Waals surface area (Å²) >= 11 is 1.51. The Labute approximate surface area is 74.2 Å². The van der Waals surface area contributed by atoms with Gasteiger partial charge in [0.25, 0.3) is 5.92 Å². The molecule has 1 heterocycles. The molecule has 0 aliphatic heterocycles. The van der Waals surface area contributed by atoms with E-state index in [2.05, 4.69) is 0 Å². The highest BCUT2D eigenvalue weighted by molar-refractivity contribution is 7.12. The maximum atomic E-state index is 13.2. The normalized spacial score (nSPS) is 20.6. The number of aryl methyl sites for hydroxylation is 2. The molecule has 0 aromatic carbocycles. The third-order valence-corrected chi connectivity index (χ3v) is 3.33. The lowest BCUT2D eigenvalue weighted by Gasteiger charge is -2.21. The first-order valence-electron chi connectivity index (χ1n) is 4.07. The minimum Gasteiger partial charge on any atom is -0.201 e. The first-order valence-corrected chi connectivity index (χ1v) is 4.89. The van der Waals surface area contributed by atoms with Crippen LogP contribution in [-0.4, -0.2) is 0 Å². The van der Waals surface area contributed by atoms with Crippen molar-refractivity contribution in [1.29, 1.82) is 0 Å². The molecular weight excluding hydrogens is 178 g/mol. The smallest absolute Gasteiger partial charge is 0.201 e. The van der Waals surface area contributed by atoms with Gasteiger partial charge in [0.15, 0.2) is 0 Å². The predicted octanol–water partition coefficient (Wildman–Crippen LogP) is 3.48. The second kappa shape index (κ2) is 2.52. The SMILES string of the molecule is Cc1cc2c(s1)CCCC2(F)F. The van der Waals surface area contributed by atoms with Crippen molar-refractivity contribution in [3.8, 4) is 0 Å². The van der Waals surface area contributed by atoms with Gasteiger partial charge in [0.2, 0.25) is 0 Å². The van der Waals surface area contributed by atoms with Crippen LogP contribution in [0.25, 0.3) is 0 Å².